The Morgan fingerprint density at radius 2 is 2.12 bits per heavy atom. The Morgan fingerprint density at radius 1 is 1.38 bits per heavy atom. The maximum absolute atomic E-state index is 9.01. The molecule has 0 aromatic heterocycles. The van der Waals surface area contributed by atoms with Crippen molar-refractivity contribution in [3.05, 3.63) is 28.8 Å². The summed E-state index contributed by atoms with van der Waals surface area (Å²) in [4.78, 5) is 0. The summed E-state index contributed by atoms with van der Waals surface area (Å²) >= 11 is 5.85. The molecule has 0 unspecified atom stereocenters. The second-order valence-electron chi connectivity index (χ2n) is 3.97. The molecular formula is C12H14ClN3. The number of nitrogens with one attached hydrogen (secondary N) is 2. The fraction of sp³-hybridized carbons (Fsp3) is 0.417. The highest BCUT2D eigenvalue weighted by molar-refractivity contribution is 6.30. The van der Waals surface area contributed by atoms with Gasteiger partial charge in [0.05, 0.1) is 11.3 Å². The summed E-state index contributed by atoms with van der Waals surface area (Å²) in [5.41, 5.74) is 1.50. The van der Waals surface area contributed by atoms with E-state index >= 15 is 0 Å². The van der Waals surface area contributed by atoms with Crippen LogP contribution in [0.3, 0.4) is 0 Å². The van der Waals surface area contributed by atoms with Crippen molar-refractivity contribution in [2.24, 2.45) is 0 Å². The molecule has 1 heterocycles. The van der Waals surface area contributed by atoms with Gasteiger partial charge in [-0.2, -0.15) is 5.26 Å². The lowest BCUT2D eigenvalue weighted by Gasteiger charge is -2.25. The minimum absolute atomic E-state index is 0.453. The maximum atomic E-state index is 9.01. The standard InChI is InChI=1S/C12H14ClN3/c13-10-1-2-12(9(7-10)8-14)16-11-3-5-15-6-4-11/h1-2,7,11,15-16H,3-6H2. The van der Waals surface area contributed by atoms with Gasteiger partial charge in [-0.1, -0.05) is 11.6 Å². The summed E-state index contributed by atoms with van der Waals surface area (Å²) in [6, 6.07) is 8.01. The van der Waals surface area contributed by atoms with E-state index in [1.54, 1.807) is 6.07 Å². The highest BCUT2D eigenvalue weighted by atomic mass is 35.5. The average Bonchev–Trinajstić information content (AvgIpc) is 2.33. The van der Waals surface area contributed by atoms with Crippen LogP contribution in [0, 0.1) is 11.3 Å². The van der Waals surface area contributed by atoms with E-state index in [0.29, 0.717) is 16.6 Å². The van der Waals surface area contributed by atoms with Crippen molar-refractivity contribution < 1.29 is 0 Å². The molecule has 1 fully saturated rings. The highest BCUT2D eigenvalue weighted by Crippen LogP contribution is 2.22. The number of benzene rings is 1. The predicted molar refractivity (Wildman–Crippen MR) is 65.7 cm³/mol. The fourth-order valence-corrected chi connectivity index (χ4v) is 2.09. The van der Waals surface area contributed by atoms with E-state index in [4.69, 9.17) is 16.9 Å². The lowest BCUT2D eigenvalue weighted by atomic mass is 10.1. The van der Waals surface area contributed by atoms with Crippen LogP contribution < -0.4 is 10.6 Å². The van der Waals surface area contributed by atoms with Gasteiger partial charge in [-0.3, -0.25) is 0 Å². The minimum Gasteiger partial charge on any atom is -0.381 e. The largest absolute Gasteiger partial charge is 0.381 e. The van der Waals surface area contributed by atoms with E-state index < -0.39 is 0 Å². The van der Waals surface area contributed by atoms with Gasteiger partial charge < -0.3 is 10.6 Å². The molecule has 1 aliphatic heterocycles. The maximum Gasteiger partial charge on any atom is 0.101 e. The molecule has 2 N–H and O–H groups in total. The molecule has 1 aromatic rings. The van der Waals surface area contributed by atoms with Crippen molar-refractivity contribution >= 4 is 17.3 Å². The average molecular weight is 236 g/mol. The predicted octanol–water partition coefficient (Wildman–Crippen LogP) is 2.38. The topological polar surface area (TPSA) is 47.9 Å². The summed E-state index contributed by atoms with van der Waals surface area (Å²) in [5.74, 6) is 0. The molecule has 0 spiro atoms. The molecule has 0 amide bonds. The second kappa shape index (κ2) is 5.20. The number of nitriles is 1. The third-order valence-electron chi connectivity index (χ3n) is 2.80. The number of nitrogens with zero attached hydrogens (tertiary/aromatic N) is 1. The Bertz CT molecular complexity index is 405. The normalized spacial score (nSPS) is 16.8. The third kappa shape index (κ3) is 2.66. The van der Waals surface area contributed by atoms with Gasteiger partial charge in [0.1, 0.15) is 6.07 Å². The Morgan fingerprint density at radius 3 is 2.81 bits per heavy atom. The van der Waals surface area contributed by atoms with Crippen LogP contribution in [0.2, 0.25) is 5.02 Å². The van der Waals surface area contributed by atoms with E-state index in [9.17, 15) is 0 Å². The SMILES string of the molecule is N#Cc1cc(Cl)ccc1NC1CCNCC1. The van der Waals surface area contributed by atoms with Gasteiger partial charge in [0.25, 0.3) is 0 Å². The van der Waals surface area contributed by atoms with E-state index in [2.05, 4.69) is 16.7 Å². The van der Waals surface area contributed by atoms with E-state index in [1.165, 1.54) is 0 Å². The Labute approximate surface area is 100 Å². The molecular weight excluding hydrogens is 222 g/mol. The molecule has 1 aromatic carbocycles. The van der Waals surface area contributed by atoms with Gasteiger partial charge in [0, 0.05) is 11.1 Å². The van der Waals surface area contributed by atoms with Gasteiger partial charge >= 0.3 is 0 Å². The quantitative estimate of drug-likeness (QED) is 0.828. The van der Waals surface area contributed by atoms with E-state index in [-0.39, 0.29) is 0 Å². The van der Waals surface area contributed by atoms with Crippen molar-refractivity contribution in [3.63, 3.8) is 0 Å². The fourth-order valence-electron chi connectivity index (χ4n) is 1.92. The number of hydrogen-bond donors (Lipinski definition) is 2. The molecule has 2 rings (SSSR count). The molecule has 3 nitrogen and oxygen atoms in total. The first-order chi connectivity index (χ1) is 7.79. The van der Waals surface area contributed by atoms with Gasteiger partial charge in [-0.25, -0.2) is 0 Å². The lowest BCUT2D eigenvalue weighted by molar-refractivity contribution is 0.479. The Hall–Kier alpha value is -1.24. The highest BCUT2D eigenvalue weighted by Gasteiger charge is 2.14. The van der Waals surface area contributed by atoms with Crippen LogP contribution in [0.4, 0.5) is 5.69 Å². The number of halogens is 1. The zero-order valence-electron chi connectivity index (χ0n) is 8.96. The van der Waals surface area contributed by atoms with Crippen molar-refractivity contribution in [1.29, 1.82) is 5.26 Å². The molecule has 0 bridgehead atoms. The van der Waals surface area contributed by atoms with Gasteiger partial charge in [-0.15, -0.1) is 0 Å². The molecule has 0 radical (unpaired) electrons. The summed E-state index contributed by atoms with van der Waals surface area (Å²) in [5, 5.41) is 16.3. The minimum atomic E-state index is 0.453. The monoisotopic (exact) mass is 235 g/mol. The molecule has 0 aliphatic carbocycles. The number of hydrogen-bond acceptors (Lipinski definition) is 3. The first-order valence-electron chi connectivity index (χ1n) is 5.46. The van der Waals surface area contributed by atoms with Crippen molar-refractivity contribution in [2.45, 2.75) is 18.9 Å². The Kier molecular flexibility index (Phi) is 3.66. The van der Waals surface area contributed by atoms with Crippen LogP contribution in [-0.2, 0) is 0 Å². The smallest absolute Gasteiger partial charge is 0.101 e. The molecule has 1 saturated heterocycles. The number of piperidine rings is 1. The van der Waals surface area contributed by atoms with Crippen LogP contribution in [0.25, 0.3) is 0 Å². The summed E-state index contributed by atoms with van der Waals surface area (Å²) < 4.78 is 0. The number of anilines is 1. The van der Waals surface area contributed by atoms with Gasteiger partial charge in [0.2, 0.25) is 0 Å². The van der Waals surface area contributed by atoms with Crippen LogP contribution in [0.1, 0.15) is 18.4 Å². The molecule has 16 heavy (non-hydrogen) atoms. The van der Waals surface area contributed by atoms with Crippen molar-refractivity contribution in [3.8, 4) is 6.07 Å². The zero-order chi connectivity index (χ0) is 11.4. The number of rotatable bonds is 2. The van der Waals surface area contributed by atoms with Gasteiger partial charge in [-0.05, 0) is 44.1 Å². The zero-order valence-corrected chi connectivity index (χ0v) is 9.72. The van der Waals surface area contributed by atoms with Gasteiger partial charge in [0.15, 0.2) is 0 Å². The van der Waals surface area contributed by atoms with E-state index in [0.717, 1.165) is 31.6 Å². The summed E-state index contributed by atoms with van der Waals surface area (Å²) in [7, 11) is 0. The van der Waals surface area contributed by atoms with Crippen LogP contribution in [0.15, 0.2) is 18.2 Å². The van der Waals surface area contributed by atoms with Crippen LogP contribution in [-0.4, -0.2) is 19.1 Å². The van der Waals surface area contributed by atoms with E-state index in [1.807, 2.05) is 12.1 Å². The molecule has 4 heteroatoms. The van der Waals surface area contributed by atoms with Crippen molar-refractivity contribution in [2.75, 3.05) is 18.4 Å². The molecule has 0 saturated carbocycles. The van der Waals surface area contributed by atoms with Crippen molar-refractivity contribution in [1.82, 2.24) is 5.32 Å². The lowest BCUT2D eigenvalue weighted by Crippen LogP contribution is -2.35. The third-order valence-corrected chi connectivity index (χ3v) is 3.04. The first kappa shape index (κ1) is 11.3. The molecule has 0 atom stereocenters. The molecule has 1 aliphatic rings. The second-order valence-corrected chi connectivity index (χ2v) is 4.41. The van der Waals surface area contributed by atoms with Crippen LogP contribution >= 0.6 is 11.6 Å². The molecule has 84 valence electrons. The summed E-state index contributed by atoms with van der Waals surface area (Å²) in [6.07, 6.45) is 2.18. The summed E-state index contributed by atoms with van der Waals surface area (Å²) in [6.45, 7) is 2.07. The van der Waals surface area contributed by atoms with Crippen LogP contribution in [0.5, 0.6) is 0 Å². The Balaban J connectivity index is 2.11. The first-order valence-corrected chi connectivity index (χ1v) is 5.84.